The van der Waals surface area contributed by atoms with E-state index in [9.17, 15) is 9.18 Å². The number of halogens is 1. The van der Waals surface area contributed by atoms with Gasteiger partial charge in [-0.25, -0.2) is 4.39 Å². The number of ether oxygens (including phenoxy) is 3. The SMILES string of the molecule is Cc1ccc(C(=O)NCc2ccc3c(c2)OCO3)cc1Oc1nc(Cc2ccc(F)cc2)ns1. The number of carbonyl (C=O) groups is 1. The van der Waals surface area contributed by atoms with Crippen LogP contribution >= 0.6 is 11.5 Å². The maximum Gasteiger partial charge on any atom is 0.298 e. The lowest BCUT2D eigenvalue weighted by Crippen LogP contribution is -2.22. The molecule has 3 aromatic carbocycles. The molecule has 7 nitrogen and oxygen atoms in total. The van der Waals surface area contributed by atoms with Crippen LogP contribution in [0.4, 0.5) is 4.39 Å². The highest BCUT2D eigenvalue weighted by atomic mass is 32.1. The van der Waals surface area contributed by atoms with Crippen LogP contribution in [0.3, 0.4) is 0 Å². The largest absolute Gasteiger partial charge is 0.454 e. The van der Waals surface area contributed by atoms with Gasteiger partial charge in [0.05, 0.1) is 0 Å². The molecule has 1 amide bonds. The first kappa shape index (κ1) is 21.8. The topological polar surface area (TPSA) is 82.6 Å². The predicted octanol–water partition coefficient (Wildman–Crippen LogP) is 5.03. The molecule has 2 heterocycles. The van der Waals surface area contributed by atoms with Crippen LogP contribution in [0.1, 0.15) is 32.9 Å². The van der Waals surface area contributed by atoms with Gasteiger partial charge in [-0.3, -0.25) is 4.79 Å². The van der Waals surface area contributed by atoms with Gasteiger partial charge in [-0.15, -0.1) is 0 Å². The minimum atomic E-state index is -0.283. The highest BCUT2D eigenvalue weighted by Gasteiger charge is 2.15. The second-order valence-electron chi connectivity index (χ2n) is 7.73. The molecular formula is C25H20FN3O4S. The van der Waals surface area contributed by atoms with Gasteiger partial charge in [-0.1, -0.05) is 24.3 Å². The van der Waals surface area contributed by atoms with Crippen molar-refractivity contribution >= 4 is 17.4 Å². The Morgan fingerprint density at radius 3 is 2.71 bits per heavy atom. The zero-order chi connectivity index (χ0) is 23.5. The van der Waals surface area contributed by atoms with Gasteiger partial charge in [-0.05, 0) is 60.0 Å². The molecule has 0 unspecified atom stereocenters. The van der Waals surface area contributed by atoms with Crippen LogP contribution in [0.25, 0.3) is 0 Å². The molecular weight excluding hydrogens is 457 g/mol. The average Bonchev–Trinajstić information content (AvgIpc) is 3.49. The van der Waals surface area contributed by atoms with E-state index >= 15 is 0 Å². The molecule has 0 saturated heterocycles. The number of rotatable bonds is 7. The second-order valence-corrected chi connectivity index (χ2v) is 8.45. The molecule has 1 N–H and O–H groups in total. The van der Waals surface area contributed by atoms with Crippen molar-refractivity contribution in [2.45, 2.75) is 19.9 Å². The highest BCUT2D eigenvalue weighted by Crippen LogP contribution is 2.32. The van der Waals surface area contributed by atoms with Gasteiger partial charge in [0.1, 0.15) is 11.6 Å². The Balaban J connectivity index is 1.23. The van der Waals surface area contributed by atoms with Crippen LogP contribution in [-0.2, 0) is 13.0 Å². The van der Waals surface area contributed by atoms with E-state index < -0.39 is 0 Å². The minimum Gasteiger partial charge on any atom is -0.454 e. The van der Waals surface area contributed by atoms with Crippen LogP contribution in [0.2, 0.25) is 0 Å². The number of hydrogen-bond acceptors (Lipinski definition) is 7. The Morgan fingerprint density at radius 2 is 1.85 bits per heavy atom. The van der Waals surface area contributed by atoms with Crippen LogP contribution in [-0.4, -0.2) is 22.1 Å². The lowest BCUT2D eigenvalue weighted by atomic mass is 10.1. The van der Waals surface area contributed by atoms with E-state index in [2.05, 4.69) is 14.7 Å². The summed E-state index contributed by atoms with van der Waals surface area (Å²) in [6.07, 6.45) is 0.474. The molecule has 0 bridgehead atoms. The van der Waals surface area contributed by atoms with Gasteiger partial charge in [0.2, 0.25) is 6.79 Å². The summed E-state index contributed by atoms with van der Waals surface area (Å²) >= 11 is 1.13. The molecule has 1 aliphatic heterocycles. The number of nitrogens with one attached hydrogen (secondary N) is 1. The maximum absolute atomic E-state index is 13.1. The van der Waals surface area contributed by atoms with Gasteiger partial charge in [0.15, 0.2) is 17.3 Å². The molecule has 9 heteroatoms. The number of carbonyl (C=O) groups excluding carboxylic acids is 1. The van der Waals surface area contributed by atoms with E-state index in [1.54, 1.807) is 24.3 Å². The number of nitrogens with zero attached hydrogens (tertiary/aromatic N) is 2. The Bertz CT molecular complexity index is 1340. The maximum atomic E-state index is 13.1. The molecule has 0 radical (unpaired) electrons. The standard InChI is InChI=1S/C25H20FN3O4S/c1-15-2-6-18(24(30)27-13-17-5-9-20-22(10-17)32-14-31-20)12-21(15)33-25-28-23(29-34-25)11-16-3-7-19(26)8-4-16/h2-10,12H,11,13-14H2,1H3,(H,27,30). The predicted molar refractivity (Wildman–Crippen MR) is 124 cm³/mol. The van der Waals surface area contributed by atoms with E-state index in [0.717, 1.165) is 28.2 Å². The molecule has 1 aliphatic rings. The number of aromatic nitrogens is 2. The van der Waals surface area contributed by atoms with E-state index in [4.69, 9.17) is 14.2 Å². The Kier molecular flexibility index (Phi) is 6.09. The van der Waals surface area contributed by atoms with Gasteiger partial charge >= 0.3 is 0 Å². The monoisotopic (exact) mass is 477 g/mol. The minimum absolute atomic E-state index is 0.208. The summed E-state index contributed by atoms with van der Waals surface area (Å²) in [5.74, 6) is 1.98. The van der Waals surface area contributed by atoms with E-state index in [0.29, 0.717) is 46.8 Å². The molecule has 5 rings (SSSR count). The van der Waals surface area contributed by atoms with Gasteiger partial charge in [0.25, 0.3) is 11.1 Å². The fourth-order valence-electron chi connectivity index (χ4n) is 3.42. The first-order chi connectivity index (χ1) is 16.5. The molecule has 34 heavy (non-hydrogen) atoms. The molecule has 0 spiro atoms. The van der Waals surface area contributed by atoms with Crippen LogP contribution < -0.4 is 19.5 Å². The Hall–Kier alpha value is -3.98. The van der Waals surface area contributed by atoms with E-state index in [-0.39, 0.29) is 18.5 Å². The third-order valence-corrected chi connectivity index (χ3v) is 5.90. The van der Waals surface area contributed by atoms with Crippen molar-refractivity contribution < 1.29 is 23.4 Å². The van der Waals surface area contributed by atoms with E-state index in [1.807, 2.05) is 31.2 Å². The van der Waals surface area contributed by atoms with Gasteiger partial charge in [-0.2, -0.15) is 9.36 Å². The number of aryl methyl sites for hydroxylation is 1. The summed E-state index contributed by atoms with van der Waals surface area (Å²) < 4.78 is 34.0. The van der Waals surface area contributed by atoms with Crippen LogP contribution in [0, 0.1) is 12.7 Å². The summed E-state index contributed by atoms with van der Waals surface area (Å²) in [6.45, 7) is 2.45. The number of benzene rings is 3. The summed E-state index contributed by atoms with van der Waals surface area (Å²) in [6, 6.07) is 17.0. The lowest BCUT2D eigenvalue weighted by Gasteiger charge is -2.10. The van der Waals surface area contributed by atoms with Gasteiger partial charge < -0.3 is 19.5 Å². The van der Waals surface area contributed by atoms with Gasteiger partial charge in [0, 0.05) is 30.1 Å². The summed E-state index contributed by atoms with van der Waals surface area (Å²) in [5, 5.41) is 3.28. The zero-order valence-electron chi connectivity index (χ0n) is 18.2. The molecule has 172 valence electrons. The van der Waals surface area contributed by atoms with Crippen molar-refractivity contribution in [2.75, 3.05) is 6.79 Å². The van der Waals surface area contributed by atoms with Crippen molar-refractivity contribution in [1.29, 1.82) is 0 Å². The van der Waals surface area contributed by atoms with Crippen molar-refractivity contribution in [3.05, 3.63) is 94.6 Å². The van der Waals surface area contributed by atoms with Crippen LogP contribution in [0.15, 0.2) is 60.7 Å². The summed E-state index contributed by atoms with van der Waals surface area (Å²) in [7, 11) is 0. The third kappa shape index (κ3) is 4.99. The molecule has 0 aliphatic carbocycles. The lowest BCUT2D eigenvalue weighted by molar-refractivity contribution is 0.0950. The Morgan fingerprint density at radius 1 is 1.06 bits per heavy atom. The molecule has 0 saturated carbocycles. The molecule has 1 aromatic heterocycles. The zero-order valence-corrected chi connectivity index (χ0v) is 19.0. The first-order valence-electron chi connectivity index (χ1n) is 10.6. The number of fused-ring (bicyclic) bond motifs is 1. The van der Waals surface area contributed by atoms with E-state index in [1.165, 1.54) is 12.1 Å². The number of hydrogen-bond donors (Lipinski definition) is 1. The molecule has 4 aromatic rings. The molecule has 0 fully saturated rings. The fourth-order valence-corrected chi connectivity index (χ4v) is 3.98. The average molecular weight is 478 g/mol. The Labute approximate surface area is 199 Å². The van der Waals surface area contributed by atoms with Crippen LogP contribution in [0.5, 0.6) is 22.4 Å². The second kappa shape index (κ2) is 9.48. The highest BCUT2D eigenvalue weighted by molar-refractivity contribution is 7.07. The quantitative estimate of drug-likeness (QED) is 0.402. The van der Waals surface area contributed by atoms with Crippen molar-refractivity contribution in [3.63, 3.8) is 0 Å². The smallest absolute Gasteiger partial charge is 0.298 e. The summed E-state index contributed by atoms with van der Waals surface area (Å²) in [4.78, 5) is 17.1. The fraction of sp³-hybridized carbons (Fsp3) is 0.160. The van der Waals surface area contributed by atoms with Crippen molar-refractivity contribution in [1.82, 2.24) is 14.7 Å². The molecule has 0 atom stereocenters. The third-order valence-electron chi connectivity index (χ3n) is 5.26. The van der Waals surface area contributed by atoms with Crippen molar-refractivity contribution in [3.8, 4) is 22.4 Å². The normalized spacial score (nSPS) is 11.9. The first-order valence-corrected chi connectivity index (χ1v) is 11.3. The summed E-state index contributed by atoms with van der Waals surface area (Å²) in [5.41, 5.74) is 3.15. The van der Waals surface area contributed by atoms with Crippen molar-refractivity contribution in [2.24, 2.45) is 0 Å². The number of amides is 1.